The van der Waals surface area contributed by atoms with Gasteiger partial charge in [0.15, 0.2) is 0 Å². The maximum absolute atomic E-state index is 12.0. The van der Waals surface area contributed by atoms with Gasteiger partial charge in [0.1, 0.15) is 16.2 Å². The second kappa shape index (κ2) is 5.34. The number of hydrogen-bond donors (Lipinski definition) is 1. The molecule has 2 aromatic carbocycles. The lowest BCUT2D eigenvalue weighted by molar-refractivity contribution is 0.447. The summed E-state index contributed by atoms with van der Waals surface area (Å²) in [6, 6.07) is 14.5. The second-order valence-corrected chi connectivity index (χ2v) is 6.12. The topological polar surface area (TPSA) is 50.4 Å². The highest BCUT2D eigenvalue weighted by Gasteiger charge is 2.15. The van der Waals surface area contributed by atoms with Gasteiger partial charge in [-0.1, -0.05) is 45.9 Å². The molecule has 20 heavy (non-hydrogen) atoms. The van der Waals surface area contributed by atoms with Gasteiger partial charge in [0.2, 0.25) is 0 Å². The van der Waals surface area contributed by atoms with Crippen molar-refractivity contribution >= 4 is 38.7 Å². The minimum Gasteiger partial charge on any atom is -0.506 e. The molecule has 3 aromatic rings. The summed E-state index contributed by atoms with van der Waals surface area (Å²) in [6.45, 7) is 0. The van der Waals surface area contributed by atoms with Crippen LogP contribution in [0.5, 0.6) is 5.75 Å². The highest BCUT2D eigenvalue weighted by molar-refractivity contribution is 9.10. The Morgan fingerprint density at radius 1 is 1.10 bits per heavy atom. The first-order valence-corrected chi connectivity index (χ1v) is 7.44. The normalized spacial score (nSPS) is 10.8. The Bertz CT molecular complexity index is 828. The Morgan fingerprint density at radius 3 is 2.60 bits per heavy atom. The van der Waals surface area contributed by atoms with Gasteiger partial charge in [-0.15, -0.1) is 0 Å². The zero-order valence-corrected chi connectivity index (χ0v) is 12.6. The lowest BCUT2D eigenvalue weighted by atomic mass is 10.2. The molecule has 0 spiro atoms. The molecule has 3 rings (SSSR count). The van der Waals surface area contributed by atoms with Gasteiger partial charge < -0.3 is 9.52 Å². The van der Waals surface area contributed by atoms with E-state index in [1.165, 1.54) is 11.8 Å². The predicted octanol–water partition coefficient (Wildman–Crippen LogP) is 4.41. The van der Waals surface area contributed by atoms with Crippen molar-refractivity contribution in [2.75, 3.05) is 0 Å². The van der Waals surface area contributed by atoms with Crippen molar-refractivity contribution in [3.05, 3.63) is 63.4 Å². The van der Waals surface area contributed by atoms with Crippen molar-refractivity contribution in [2.45, 2.75) is 9.79 Å². The van der Waals surface area contributed by atoms with Gasteiger partial charge in [-0.25, -0.2) is 4.79 Å². The average molecular weight is 349 g/mol. The van der Waals surface area contributed by atoms with Gasteiger partial charge in [-0.2, -0.15) is 0 Å². The van der Waals surface area contributed by atoms with Crippen LogP contribution in [-0.4, -0.2) is 5.11 Å². The third kappa shape index (κ3) is 2.46. The maximum Gasteiger partial charge on any atom is 0.354 e. The summed E-state index contributed by atoms with van der Waals surface area (Å²) in [5, 5.41) is 10.8. The molecule has 1 heterocycles. The fourth-order valence-electron chi connectivity index (χ4n) is 1.84. The minimum atomic E-state index is -0.540. The van der Waals surface area contributed by atoms with Crippen LogP contribution in [0.1, 0.15) is 0 Å². The number of aromatic hydroxyl groups is 1. The molecule has 0 atom stereocenters. The third-order valence-corrected chi connectivity index (χ3v) is 4.33. The van der Waals surface area contributed by atoms with Crippen LogP contribution in [0.4, 0.5) is 0 Å². The quantitative estimate of drug-likeness (QED) is 0.696. The standard InChI is InChI=1S/C15H9BrO3S/c16-9-6-7-11-12(8-9)19-15(18)14(13(11)17)20-10-4-2-1-3-5-10/h1-8,17H. The molecule has 5 heteroatoms. The van der Waals surface area contributed by atoms with Crippen molar-refractivity contribution in [1.82, 2.24) is 0 Å². The van der Waals surface area contributed by atoms with Gasteiger partial charge in [0.05, 0.1) is 5.39 Å². The minimum absolute atomic E-state index is 0.0439. The average Bonchev–Trinajstić information content (AvgIpc) is 2.44. The Hall–Kier alpha value is -1.72. The SMILES string of the molecule is O=c1oc2cc(Br)ccc2c(O)c1Sc1ccccc1. The maximum atomic E-state index is 12.0. The van der Waals surface area contributed by atoms with Crippen LogP contribution in [-0.2, 0) is 0 Å². The fraction of sp³-hybridized carbons (Fsp3) is 0. The summed E-state index contributed by atoms with van der Waals surface area (Å²) in [6.07, 6.45) is 0. The Kier molecular flexibility index (Phi) is 3.54. The van der Waals surface area contributed by atoms with E-state index in [2.05, 4.69) is 15.9 Å². The van der Waals surface area contributed by atoms with E-state index in [1.807, 2.05) is 30.3 Å². The van der Waals surface area contributed by atoms with Crippen molar-refractivity contribution in [3.8, 4) is 5.75 Å². The van der Waals surface area contributed by atoms with Crippen LogP contribution >= 0.6 is 27.7 Å². The highest BCUT2D eigenvalue weighted by Crippen LogP contribution is 2.36. The van der Waals surface area contributed by atoms with Crippen molar-refractivity contribution in [2.24, 2.45) is 0 Å². The van der Waals surface area contributed by atoms with Gasteiger partial charge in [-0.3, -0.25) is 0 Å². The van der Waals surface area contributed by atoms with Crippen LogP contribution < -0.4 is 5.63 Å². The molecule has 1 N–H and O–H groups in total. The van der Waals surface area contributed by atoms with Gasteiger partial charge in [0, 0.05) is 9.37 Å². The van der Waals surface area contributed by atoms with Crippen molar-refractivity contribution < 1.29 is 9.52 Å². The van der Waals surface area contributed by atoms with Crippen LogP contribution in [0, 0.1) is 0 Å². The van der Waals surface area contributed by atoms with Crippen LogP contribution in [0.2, 0.25) is 0 Å². The number of fused-ring (bicyclic) bond motifs is 1. The number of halogens is 1. The van der Waals surface area contributed by atoms with Gasteiger partial charge >= 0.3 is 5.63 Å². The van der Waals surface area contributed by atoms with Crippen LogP contribution in [0.15, 0.2) is 72.0 Å². The predicted molar refractivity (Wildman–Crippen MR) is 82.4 cm³/mol. The smallest absolute Gasteiger partial charge is 0.354 e. The molecule has 0 saturated heterocycles. The van der Waals surface area contributed by atoms with Crippen LogP contribution in [0.25, 0.3) is 11.0 Å². The summed E-state index contributed by atoms with van der Waals surface area (Å²) in [7, 11) is 0. The number of rotatable bonds is 2. The molecule has 0 bridgehead atoms. The zero-order chi connectivity index (χ0) is 14.1. The van der Waals surface area contributed by atoms with Crippen molar-refractivity contribution in [3.63, 3.8) is 0 Å². The van der Waals surface area contributed by atoms with E-state index in [-0.39, 0.29) is 10.6 Å². The molecule has 0 unspecified atom stereocenters. The summed E-state index contributed by atoms with van der Waals surface area (Å²) < 4.78 is 6.05. The Balaban J connectivity index is 2.16. The number of benzene rings is 2. The van der Waals surface area contributed by atoms with E-state index >= 15 is 0 Å². The first-order valence-electron chi connectivity index (χ1n) is 5.83. The molecular weight excluding hydrogens is 340 g/mol. The molecule has 100 valence electrons. The fourth-order valence-corrected chi connectivity index (χ4v) is 3.04. The van der Waals surface area contributed by atoms with E-state index in [1.54, 1.807) is 18.2 Å². The molecule has 0 aliphatic carbocycles. The molecular formula is C15H9BrO3S. The summed E-state index contributed by atoms with van der Waals surface area (Å²) in [5.41, 5.74) is -0.179. The Morgan fingerprint density at radius 2 is 1.85 bits per heavy atom. The van der Waals surface area contributed by atoms with E-state index in [0.717, 1.165) is 9.37 Å². The molecule has 0 amide bonds. The van der Waals surface area contributed by atoms with Gasteiger partial charge in [0.25, 0.3) is 0 Å². The summed E-state index contributed by atoms with van der Waals surface area (Å²) in [5.74, 6) is -0.0439. The van der Waals surface area contributed by atoms with Gasteiger partial charge in [-0.05, 0) is 30.3 Å². The summed E-state index contributed by atoms with van der Waals surface area (Å²) in [4.78, 5) is 13.1. The molecule has 0 aliphatic heterocycles. The molecule has 0 saturated carbocycles. The third-order valence-electron chi connectivity index (χ3n) is 2.77. The first kappa shape index (κ1) is 13.3. The van der Waals surface area contributed by atoms with Crippen molar-refractivity contribution in [1.29, 1.82) is 0 Å². The first-order chi connectivity index (χ1) is 9.65. The van der Waals surface area contributed by atoms with E-state index in [4.69, 9.17) is 4.42 Å². The van der Waals surface area contributed by atoms with Crippen LogP contribution in [0.3, 0.4) is 0 Å². The Labute approximate surface area is 127 Å². The lowest BCUT2D eigenvalue weighted by Crippen LogP contribution is -2.02. The van der Waals surface area contributed by atoms with E-state index < -0.39 is 5.63 Å². The second-order valence-electron chi connectivity index (χ2n) is 4.12. The monoisotopic (exact) mass is 348 g/mol. The number of hydrogen-bond acceptors (Lipinski definition) is 4. The zero-order valence-electron chi connectivity index (χ0n) is 10.2. The molecule has 3 nitrogen and oxygen atoms in total. The molecule has 1 aromatic heterocycles. The van der Waals surface area contributed by atoms with E-state index in [9.17, 15) is 9.90 Å². The highest BCUT2D eigenvalue weighted by atomic mass is 79.9. The lowest BCUT2D eigenvalue weighted by Gasteiger charge is -2.06. The molecule has 0 fully saturated rings. The largest absolute Gasteiger partial charge is 0.506 e. The molecule has 0 aliphatic rings. The van der Waals surface area contributed by atoms with E-state index in [0.29, 0.717) is 11.0 Å². The summed E-state index contributed by atoms with van der Waals surface area (Å²) >= 11 is 4.50. The molecule has 0 radical (unpaired) electrons.